The number of rotatable bonds is 3. The summed E-state index contributed by atoms with van der Waals surface area (Å²) in [6, 6.07) is 8.14. The standard InChI is InChI=1S/C12H13N3OS/c1-13-6-11-14-15-12(17-11)9-7-16-10-5-3-2-4-8(9)10/h2-5,9,13H,6-7H2,1H3. The average Bonchev–Trinajstić information content (AvgIpc) is 2.95. The van der Waals surface area contributed by atoms with Crippen LogP contribution < -0.4 is 10.1 Å². The maximum Gasteiger partial charge on any atom is 0.131 e. The van der Waals surface area contributed by atoms with Crippen molar-refractivity contribution in [3.05, 3.63) is 39.8 Å². The number of nitrogens with zero attached hydrogens (tertiary/aromatic N) is 2. The van der Waals surface area contributed by atoms with Crippen LogP contribution in [0.5, 0.6) is 5.75 Å². The van der Waals surface area contributed by atoms with E-state index in [4.69, 9.17) is 4.74 Å². The van der Waals surface area contributed by atoms with E-state index in [0.717, 1.165) is 22.3 Å². The lowest BCUT2D eigenvalue weighted by Crippen LogP contribution is -2.04. The van der Waals surface area contributed by atoms with Gasteiger partial charge in [0, 0.05) is 12.1 Å². The summed E-state index contributed by atoms with van der Waals surface area (Å²) in [6.45, 7) is 1.44. The molecule has 17 heavy (non-hydrogen) atoms. The molecule has 2 aromatic rings. The van der Waals surface area contributed by atoms with Gasteiger partial charge in [-0.25, -0.2) is 0 Å². The first kappa shape index (κ1) is 10.7. The Bertz CT molecular complexity index is 526. The van der Waals surface area contributed by atoms with Crippen LogP contribution in [0.4, 0.5) is 0 Å². The van der Waals surface area contributed by atoms with Gasteiger partial charge in [0.05, 0.1) is 5.92 Å². The summed E-state index contributed by atoms with van der Waals surface area (Å²) < 4.78 is 5.66. The summed E-state index contributed by atoms with van der Waals surface area (Å²) in [7, 11) is 1.91. The molecular formula is C12H13N3OS. The van der Waals surface area contributed by atoms with Crippen LogP contribution in [0.1, 0.15) is 21.5 Å². The normalized spacial score (nSPS) is 17.8. The highest BCUT2D eigenvalue weighted by Crippen LogP contribution is 2.38. The highest BCUT2D eigenvalue weighted by Gasteiger charge is 2.28. The topological polar surface area (TPSA) is 47.0 Å². The van der Waals surface area contributed by atoms with Crippen molar-refractivity contribution in [1.29, 1.82) is 0 Å². The zero-order valence-corrected chi connectivity index (χ0v) is 10.3. The number of para-hydroxylation sites is 1. The first-order valence-electron chi connectivity index (χ1n) is 5.57. The van der Waals surface area contributed by atoms with Gasteiger partial charge in [-0.1, -0.05) is 29.5 Å². The van der Waals surface area contributed by atoms with Crippen LogP contribution in [0.2, 0.25) is 0 Å². The number of fused-ring (bicyclic) bond motifs is 1. The van der Waals surface area contributed by atoms with Crippen molar-refractivity contribution in [3.63, 3.8) is 0 Å². The minimum atomic E-state index is 0.245. The molecule has 1 atom stereocenters. The Hall–Kier alpha value is -1.46. The van der Waals surface area contributed by atoms with Crippen molar-refractivity contribution < 1.29 is 4.74 Å². The number of hydrogen-bond donors (Lipinski definition) is 1. The first-order valence-corrected chi connectivity index (χ1v) is 6.38. The van der Waals surface area contributed by atoms with Gasteiger partial charge in [-0.05, 0) is 13.1 Å². The summed E-state index contributed by atoms with van der Waals surface area (Å²) in [5.41, 5.74) is 1.22. The van der Waals surface area contributed by atoms with Crippen LogP contribution in [-0.4, -0.2) is 23.9 Å². The fraction of sp³-hybridized carbons (Fsp3) is 0.333. The van der Waals surface area contributed by atoms with Crippen molar-refractivity contribution >= 4 is 11.3 Å². The van der Waals surface area contributed by atoms with Crippen molar-refractivity contribution in [3.8, 4) is 5.75 Å². The molecule has 3 rings (SSSR count). The van der Waals surface area contributed by atoms with Crippen molar-refractivity contribution in [2.24, 2.45) is 0 Å². The Kier molecular flexibility index (Phi) is 2.78. The number of benzene rings is 1. The fourth-order valence-corrected chi connectivity index (χ4v) is 2.96. The third kappa shape index (κ3) is 1.92. The second-order valence-electron chi connectivity index (χ2n) is 3.97. The van der Waals surface area contributed by atoms with E-state index >= 15 is 0 Å². The van der Waals surface area contributed by atoms with Gasteiger partial charge in [0.15, 0.2) is 0 Å². The Morgan fingerprint density at radius 3 is 3.18 bits per heavy atom. The minimum Gasteiger partial charge on any atom is -0.492 e. The molecule has 1 unspecified atom stereocenters. The molecule has 1 aliphatic heterocycles. The van der Waals surface area contributed by atoms with Crippen LogP contribution in [0.3, 0.4) is 0 Å². The molecule has 0 spiro atoms. The quantitative estimate of drug-likeness (QED) is 0.898. The van der Waals surface area contributed by atoms with Crippen LogP contribution in [0.15, 0.2) is 24.3 Å². The van der Waals surface area contributed by atoms with Gasteiger partial charge in [-0.15, -0.1) is 10.2 Å². The zero-order valence-electron chi connectivity index (χ0n) is 9.51. The molecule has 1 aromatic heterocycles. The predicted octanol–water partition coefficient (Wildman–Crippen LogP) is 1.78. The maximum atomic E-state index is 5.66. The molecular weight excluding hydrogens is 234 g/mol. The molecule has 0 bridgehead atoms. The lowest BCUT2D eigenvalue weighted by molar-refractivity contribution is 0.342. The Morgan fingerprint density at radius 2 is 2.29 bits per heavy atom. The first-order chi connectivity index (χ1) is 8.38. The summed E-state index contributed by atoms with van der Waals surface area (Å²) >= 11 is 1.65. The van der Waals surface area contributed by atoms with Gasteiger partial charge in [0.2, 0.25) is 0 Å². The fourth-order valence-electron chi connectivity index (χ4n) is 2.00. The zero-order chi connectivity index (χ0) is 11.7. The highest BCUT2D eigenvalue weighted by atomic mass is 32.1. The van der Waals surface area contributed by atoms with E-state index in [-0.39, 0.29) is 5.92 Å². The van der Waals surface area contributed by atoms with Gasteiger partial charge >= 0.3 is 0 Å². The maximum absolute atomic E-state index is 5.66. The van der Waals surface area contributed by atoms with E-state index in [1.165, 1.54) is 5.56 Å². The number of nitrogens with one attached hydrogen (secondary N) is 1. The lowest BCUT2D eigenvalue weighted by Gasteiger charge is -2.02. The van der Waals surface area contributed by atoms with E-state index in [1.54, 1.807) is 11.3 Å². The van der Waals surface area contributed by atoms with Crippen molar-refractivity contribution in [2.45, 2.75) is 12.5 Å². The van der Waals surface area contributed by atoms with Gasteiger partial charge in [-0.2, -0.15) is 0 Å². The largest absolute Gasteiger partial charge is 0.492 e. The van der Waals surface area contributed by atoms with Crippen LogP contribution in [-0.2, 0) is 6.54 Å². The van der Waals surface area contributed by atoms with Crippen molar-refractivity contribution in [2.75, 3.05) is 13.7 Å². The predicted molar refractivity (Wildman–Crippen MR) is 66.5 cm³/mol. The molecule has 2 heterocycles. The molecule has 5 heteroatoms. The molecule has 0 saturated carbocycles. The van der Waals surface area contributed by atoms with E-state index in [1.807, 2.05) is 25.2 Å². The number of hydrogen-bond acceptors (Lipinski definition) is 5. The Labute approximate surface area is 104 Å². The van der Waals surface area contributed by atoms with Crippen LogP contribution in [0.25, 0.3) is 0 Å². The summed E-state index contributed by atoms with van der Waals surface area (Å²) in [5, 5.41) is 13.6. The number of ether oxygens (including phenoxy) is 1. The van der Waals surface area contributed by atoms with Gasteiger partial charge in [0.25, 0.3) is 0 Å². The second-order valence-corrected chi connectivity index (χ2v) is 5.06. The molecule has 4 nitrogen and oxygen atoms in total. The molecule has 0 amide bonds. The van der Waals surface area contributed by atoms with E-state index in [0.29, 0.717) is 6.61 Å². The van der Waals surface area contributed by atoms with E-state index < -0.39 is 0 Å². The van der Waals surface area contributed by atoms with Gasteiger partial charge in [-0.3, -0.25) is 0 Å². The van der Waals surface area contributed by atoms with Crippen molar-refractivity contribution in [1.82, 2.24) is 15.5 Å². The monoisotopic (exact) mass is 247 g/mol. The molecule has 1 aromatic carbocycles. The summed E-state index contributed by atoms with van der Waals surface area (Å²) in [6.07, 6.45) is 0. The SMILES string of the molecule is CNCc1nnc(C2COc3ccccc32)s1. The smallest absolute Gasteiger partial charge is 0.131 e. The minimum absolute atomic E-state index is 0.245. The molecule has 1 N–H and O–H groups in total. The molecule has 88 valence electrons. The molecule has 0 radical (unpaired) electrons. The van der Waals surface area contributed by atoms with E-state index in [2.05, 4.69) is 21.6 Å². The summed E-state index contributed by atoms with van der Waals surface area (Å²) in [4.78, 5) is 0. The highest BCUT2D eigenvalue weighted by molar-refractivity contribution is 7.11. The third-order valence-electron chi connectivity index (χ3n) is 2.81. The van der Waals surface area contributed by atoms with Gasteiger partial charge in [0.1, 0.15) is 22.4 Å². The van der Waals surface area contributed by atoms with Crippen LogP contribution >= 0.6 is 11.3 Å². The molecule has 1 aliphatic rings. The molecule has 0 saturated heterocycles. The second kappa shape index (κ2) is 4.43. The molecule has 0 fully saturated rings. The average molecular weight is 247 g/mol. The molecule has 0 aliphatic carbocycles. The Balaban J connectivity index is 1.90. The lowest BCUT2D eigenvalue weighted by atomic mass is 10.0. The van der Waals surface area contributed by atoms with Gasteiger partial charge < -0.3 is 10.1 Å². The van der Waals surface area contributed by atoms with Crippen LogP contribution in [0, 0.1) is 0 Å². The summed E-state index contributed by atoms with van der Waals surface area (Å²) in [5.74, 6) is 1.22. The van der Waals surface area contributed by atoms with E-state index in [9.17, 15) is 0 Å². The number of aromatic nitrogens is 2. The Morgan fingerprint density at radius 1 is 1.41 bits per heavy atom. The third-order valence-corrected chi connectivity index (χ3v) is 3.85.